The van der Waals surface area contributed by atoms with Gasteiger partial charge in [-0.15, -0.1) is 0 Å². The van der Waals surface area contributed by atoms with Crippen molar-refractivity contribution in [2.75, 3.05) is 31.1 Å². The van der Waals surface area contributed by atoms with E-state index in [0.717, 1.165) is 23.4 Å². The maximum atomic E-state index is 14.0. The van der Waals surface area contributed by atoms with Gasteiger partial charge in [-0.05, 0) is 55.3 Å². The molecule has 37 heavy (non-hydrogen) atoms. The monoisotopic (exact) mass is 506 g/mol. The third kappa shape index (κ3) is 5.66. The Kier molecular flexibility index (Phi) is 8.22. The predicted molar refractivity (Wildman–Crippen MR) is 138 cm³/mol. The average molecular weight is 507 g/mol. The molecule has 0 saturated heterocycles. The van der Waals surface area contributed by atoms with Crippen molar-refractivity contribution in [1.29, 1.82) is 0 Å². The minimum absolute atomic E-state index is 0.193. The van der Waals surface area contributed by atoms with Gasteiger partial charge < -0.3 is 19.5 Å². The Labute approximate surface area is 215 Å². The number of hydrogen-bond acceptors (Lipinski definition) is 4. The van der Waals surface area contributed by atoms with Crippen molar-refractivity contribution in [3.8, 4) is 5.69 Å². The highest BCUT2D eigenvalue weighted by Crippen LogP contribution is 2.42. The van der Waals surface area contributed by atoms with Crippen molar-refractivity contribution in [3.05, 3.63) is 83.9 Å². The molecule has 0 bridgehead atoms. The molecule has 8 nitrogen and oxygen atoms in total. The minimum Gasteiger partial charge on any atom is -0.465 e. The highest BCUT2D eigenvalue weighted by Gasteiger charge is 2.37. The van der Waals surface area contributed by atoms with E-state index in [1.54, 1.807) is 24.0 Å². The molecule has 1 N–H and O–H groups in total. The lowest BCUT2D eigenvalue weighted by molar-refractivity contribution is -0.141. The van der Waals surface area contributed by atoms with Crippen LogP contribution in [0, 0.1) is 5.82 Å². The van der Waals surface area contributed by atoms with Crippen LogP contribution in [0.25, 0.3) is 5.69 Å². The molecule has 1 atom stereocenters. The molecule has 9 heteroatoms. The Morgan fingerprint density at radius 2 is 1.73 bits per heavy atom. The lowest BCUT2D eigenvalue weighted by atomic mass is 9.97. The number of urea groups is 1. The second-order valence-corrected chi connectivity index (χ2v) is 8.75. The van der Waals surface area contributed by atoms with Crippen LogP contribution in [-0.2, 0) is 14.3 Å². The molecule has 0 spiro atoms. The van der Waals surface area contributed by atoms with Crippen molar-refractivity contribution < 1.29 is 23.5 Å². The normalized spacial score (nSPS) is 13.9. The van der Waals surface area contributed by atoms with Gasteiger partial charge in [0.1, 0.15) is 24.9 Å². The molecule has 0 saturated carbocycles. The smallest absolute Gasteiger partial charge is 0.325 e. The van der Waals surface area contributed by atoms with E-state index in [9.17, 15) is 18.8 Å². The molecule has 2 aromatic carbocycles. The molecule has 1 aromatic heterocycles. The number of unbranched alkanes of at least 4 members (excludes halogenated alkanes) is 1. The lowest BCUT2D eigenvalue weighted by Crippen LogP contribution is -2.50. The van der Waals surface area contributed by atoms with E-state index in [1.807, 2.05) is 54.1 Å². The molecular weight excluding hydrogens is 475 g/mol. The number of anilines is 1. The molecule has 0 radical (unpaired) electrons. The SMILES string of the molecule is CCCCN(CC(=O)N1c2ccccc2-n2cccc2[C@@H]1c1ccc(F)cc1)C(=O)NCC(=O)OCC. The van der Waals surface area contributed by atoms with Crippen molar-refractivity contribution in [2.24, 2.45) is 0 Å². The molecule has 2 heterocycles. The zero-order valence-corrected chi connectivity index (χ0v) is 21.0. The highest BCUT2D eigenvalue weighted by atomic mass is 19.1. The number of aromatic nitrogens is 1. The molecule has 1 aliphatic heterocycles. The quantitative estimate of drug-likeness (QED) is 0.436. The number of para-hydroxylation sites is 2. The number of amides is 3. The maximum Gasteiger partial charge on any atom is 0.325 e. The first-order valence-corrected chi connectivity index (χ1v) is 12.5. The largest absolute Gasteiger partial charge is 0.465 e. The van der Waals surface area contributed by atoms with Gasteiger partial charge in [-0.3, -0.25) is 14.5 Å². The van der Waals surface area contributed by atoms with Crippen LogP contribution in [0.1, 0.15) is 44.0 Å². The molecule has 194 valence electrons. The molecule has 4 rings (SSSR count). The topological polar surface area (TPSA) is 83.9 Å². The fourth-order valence-corrected chi connectivity index (χ4v) is 4.53. The summed E-state index contributed by atoms with van der Waals surface area (Å²) in [4.78, 5) is 41.8. The van der Waals surface area contributed by atoms with Gasteiger partial charge in [-0.2, -0.15) is 0 Å². The summed E-state index contributed by atoms with van der Waals surface area (Å²) in [6.07, 6.45) is 3.46. The van der Waals surface area contributed by atoms with Crippen LogP contribution in [0.15, 0.2) is 66.9 Å². The minimum atomic E-state index is -0.542. The van der Waals surface area contributed by atoms with Gasteiger partial charge in [0.2, 0.25) is 5.91 Å². The van der Waals surface area contributed by atoms with Crippen molar-refractivity contribution in [1.82, 2.24) is 14.8 Å². The van der Waals surface area contributed by atoms with Crippen LogP contribution in [0.2, 0.25) is 0 Å². The van der Waals surface area contributed by atoms with Crippen LogP contribution >= 0.6 is 0 Å². The van der Waals surface area contributed by atoms with E-state index in [0.29, 0.717) is 18.7 Å². The number of benzene rings is 2. The summed E-state index contributed by atoms with van der Waals surface area (Å²) in [5, 5.41) is 2.56. The van der Waals surface area contributed by atoms with Gasteiger partial charge in [-0.25, -0.2) is 9.18 Å². The number of carbonyl (C=O) groups is 3. The van der Waals surface area contributed by atoms with Crippen LogP contribution < -0.4 is 10.2 Å². The Bertz CT molecular complexity index is 1260. The molecule has 3 aromatic rings. The van der Waals surface area contributed by atoms with Gasteiger partial charge >= 0.3 is 12.0 Å². The van der Waals surface area contributed by atoms with Crippen molar-refractivity contribution in [3.63, 3.8) is 0 Å². The predicted octanol–water partition coefficient (Wildman–Crippen LogP) is 4.43. The summed E-state index contributed by atoms with van der Waals surface area (Å²) in [5.74, 6) is -1.20. The van der Waals surface area contributed by atoms with E-state index >= 15 is 0 Å². The first-order chi connectivity index (χ1) is 17.9. The molecule has 3 amide bonds. The number of ether oxygens (including phenoxy) is 1. The standard InChI is InChI=1S/C28H31FN4O4/c1-3-5-16-31(28(36)30-18-26(35)37-4-2)19-25(34)33-23-10-7-6-9-22(23)32-17-8-11-24(32)27(33)20-12-14-21(29)15-13-20/h6-15,17,27H,3-5,16,18-19H2,1-2H3,(H,30,36)/t27-/m0/s1. The molecule has 0 aliphatic carbocycles. The maximum absolute atomic E-state index is 14.0. The highest BCUT2D eigenvalue weighted by molar-refractivity contribution is 6.00. The Hall–Kier alpha value is -4.14. The number of nitrogens with zero attached hydrogens (tertiary/aromatic N) is 3. The van der Waals surface area contributed by atoms with Crippen molar-refractivity contribution >= 4 is 23.6 Å². The first-order valence-electron chi connectivity index (χ1n) is 12.5. The zero-order chi connectivity index (χ0) is 26.4. The van der Waals surface area contributed by atoms with Gasteiger partial charge in [0, 0.05) is 12.7 Å². The Morgan fingerprint density at radius 3 is 2.43 bits per heavy atom. The number of carbonyl (C=O) groups excluding carboxylic acids is 3. The van der Waals surface area contributed by atoms with Gasteiger partial charge in [0.05, 0.1) is 23.7 Å². The molecule has 1 aliphatic rings. The molecule has 0 fully saturated rings. The van der Waals surface area contributed by atoms with Gasteiger partial charge in [0.15, 0.2) is 0 Å². The number of halogens is 1. The third-order valence-corrected chi connectivity index (χ3v) is 6.26. The second kappa shape index (κ2) is 11.7. The van der Waals surface area contributed by atoms with E-state index < -0.39 is 18.0 Å². The second-order valence-electron chi connectivity index (χ2n) is 8.75. The Balaban J connectivity index is 1.67. The van der Waals surface area contributed by atoms with E-state index in [4.69, 9.17) is 4.74 Å². The summed E-state index contributed by atoms with van der Waals surface area (Å²) in [5.41, 5.74) is 3.12. The summed E-state index contributed by atoms with van der Waals surface area (Å²) >= 11 is 0. The van der Waals surface area contributed by atoms with Gasteiger partial charge in [0.25, 0.3) is 0 Å². The number of rotatable bonds is 9. The van der Waals surface area contributed by atoms with E-state index in [-0.39, 0.29) is 31.4 Å². The average Bonchev–Trinajstić information content (AvgIpc) is 3.39. The molecule has 0 unspecified atom stereocenters. The fourth-order valence-electron chi connectivity index (χ4n) is 4.53. The summed E-state index contributed by atoms with van der Waals surface area (Å²) in [6.45, 7) is 3.78. The Morgan fingerprint density at radius 1 is 1.00 bits per heavy atom. The van der Waals surface area contributed by atoms with E-state index in [2.05, 4.69) is 5.32 Å². The number of fused-ring (bicyclic) bond motifs is 3. The lowest BCUT2D eigenvalue weighted by Gasteiger charge is -2.39. The van der Waals surface area contributed by atoms with Crippen LogP contribution in [0.5, 0.6) is 0 Å². The summed E-state index contributed by atoms with van der Waals surface area (Å²) in [6, 6.07) is 16.5. The van der Waals surface area contributed by atoms with Crippen LogP contribution in [0.4, 0.5) is 14.9 Å². The summed E-state index contributed by atoms with van der Waals surface area (Å²) in [7, 11) is 0. The zero-order valence-electron chi connectivity index (χ0n) is 21.0. The number of esters is 1. The number of hydrogen-bond donors (Lipinski definition) is 1. The van der Waals surface area contributed by atoms with Crippen LogP contribution in [0.3, 0.4) is 0 Å². The van der Waals surface area contributed by atoms with Crippen LogP contribution in [-0.4, -0.2) is 53.6 Å². The third-order valence-electron chi connectivity index (χ3n) is 6.26. The van der Waals surface area contributed by atoms with E-state index in [1.165, 1.54) is 17.0 Å². The van der Waals surface area contributed by atoms with Gasteiger partial charge in [-0.1, -0.05) is 37.6 Å². The summed E-state index contributed by atoms with van der Waals surface area (Å²) < 4.78 is 20.7. The number of nitrogens with one attached hydrogen (secondary N) is 1. The first kappa shape index (κ1) is 25.9. The molecular formula is C28H31FN4O4. The van der Waals surface area contributed by atoms with Crippen molar-refractivity contribution in [2.45, 2.75) is 32.7 Å². The fraction of sp³-hybridized carbons (Fsp3) is 0.321.